The largest absolute Gasteiger partial charge is 0.381 e. The van der Waals surface area contributed by atoms with Gasteiger partial charge in [0.05, 0.1) is 23.1 Å². The third-order valence-electron chi connectivity index (χ3n) is 7.08. The summed E-state index contributed by atoms with van der Waals surface area (Å²) in [5, 5.41) is 1.03. The van der Waals surface area contributed by atoms with Crippen molar-refractivity contribution in [2.75, 3.05) is 33.4 Å². The molecule has 1 aromatic carbocycles. The second-order valence-electron chi connectivity index (χ2n) is 8.85. The summed E-state index contributed by atoms with van der Waals surface area (Å²) in [5.74, 6) is 0.159. The van der Waals surface area contributed by atoms with Crippen LogP contribution in [-0.4, -0.2) is 61.1 Å². The second kappa shape index (κ2) is 8.51. The number of carbonyl (C=O) groups is 1. The van der Waals surface area contributed by atoms with Crippen LogP contribution in [0.1, 0.15) is 44.1 Å². The van der Waals surface area contributed by atoms with E-state index in [-0.39, 0.29) is 11.9 Å². The Morgan fingerprint density at radius 2 is 2.04 bits per heavy atom. The lowest BCUT2D eigenvalue weighted by atomic mass is 9.69. The Hall–Kier alpha value is -0.810. The van der Waals surface area contributed by atoms with Gasteiger partial charge in [-0.1, -0.05) is 29.3 Å². The summed E-state index contributed by atoms with van der Waals surface area (Å²) >= 11 is 12.1. The molecule has 1 aliphatic carbocycles. The van der Waals surface area contributed by atoms with Gasteiger partial charge in [-0.15, -0.1) is 0 Å². The summed E-state index contributed by atoms with van der Waals surface area (Å²) < 4.78 is 5.77. The van der Waals surface area contributed by atoms with E-state index < -0.39 is 0 Å². The average molecular weight is 425 g/mol. The van der Waals surface area contributed by atoms with Gasteiger partial charge >= 0.3 is 0 Å². The highest BCUT2D eigenvalue weighted by molar-refractivity contribution is 6.42. The number of ether oxygens (including phenoxy) is 1. The molecule has 154 valence electrons. The van der Waals surface area contributed by atoms with Gasteiger partial charge in [0.2, 0.25) is 5.91 Å². The maximum atomic E-state index is 13.1. The van der Waals surface area contributed by atoms with E-state index in [1.807, 2.05) is 18.0 Å². The summed E-state index contributed by atoms with van der Waals surface area (Å²) in [6, 6.07) is 6.19. The fourth-order valence-corrected chi connectivity index (χ4v) is 5.69. The van der Waals surface area contributed by atoms with Gasteiger partial charge in [0.15, 0.2) is 0 Å². The van der Waals surface area contributed by atoms with Crippen LogP contribution in [-0.2, 0) is 16.0 Å². The molecule has 6 heteroatoms. The molecule has 4 rings (SSSR count). The van der Waals surface area contributed by atoms with E-state index in [0.29, 0.717) is 27.9 Å². The van der Waals surface area contributed by atoms with E-state index >= 15 is 0 Å². The van der Waals surface area contributed by atoms with E-state index in [1.165, 1.54) is 19.3 Å². The summed E-state index contributed by atoms with van der Waals surface area (Å²) in [7, 11) is 1.98. The Morgan fingerprint density at radius 1 is 1.25 bits per heavy atom. The number of nitrogens with zero attached hydrogens (tertiary/aromatic N) is 2. The number of rotatable bonds is 4. The molecule has 3 atom stereocenters. The highest BCUT2D eigenvalue weighted by atomic mass is 35.5. The van der Waals surface area contributed by atoms with Crippen LogP contribution >= 0.6 is 23.2 Å². The molecule has 1 unspecified atom stereocenters. The zero-order valence-corrected chi connectivity index (χ0v) is 18.1. The van der Waals surface area contributed by atoms with Gasteiger partial charge in [-0.25, -0.2) is 0 Å². The number of benzene rings is 1. The zero-order valence-electron chi connectivity index (χ0n) is 16.6. The molecule has 1 amide bonds. The molecular weight excluding hydrogens is 395 g/mol. The fourth-order valence-electron chi connectivity index (χ4n) is 5.37. The van der Waals surface area contributed by atoms with Crippen LogP contribution in [0.4, 0.5) is 0 Å². The Morgan fingerprint density at radius 3 is 2.71 bits per heavy atom. The standard InChI is InChI=1S/C22H30Cl2N2O2/c1-25(21(27)13-16-4-5-17(23)18(24)12-16)19-6-7-22(8-11-28-15-22)14-20(19)26-9-2-3-10-26/h4-5,12,19-20H,2-3,6-11,13-15H2,1H3/t19-,20-,22?/m1/s1. The smallest absolute Gasteiger partial charge is 0.227 e. The molecule has 0 radical (unpaired) electrons. The SMILES string of the molecule is CN(C(=O)Cc1ccc(Cl)c(Cl)c1)[C@@H]1CCC2(CCOC2)C[C@H]1N1CCCC1. The average Bonchev–Trinajstić information content (AvgIpc) is 3.37. The number of halogens is 2. The van der Waals surface area contributed by atoms with Crippen LogP contribution in [0.15, 0.2) is 18.2 Å². The number of likely N-dealkylation sites (tertiary alicyclic amines) is 1. The van der Waals surface area contributed by atoms with Gasteiger partial charge in [-0.2, -0.15) is 0 Å². The summed E-state index contributed by atoms with van der Waals surface area (Å²) in [4.78, 5) is 17.7. The van der Waals surface area contributed by atoms with Gasteiger partial charge in [0, 0.05) is 25.7 Å². The number of hydrogen-bond acceptors (Lipinski definition) is 3. The third-order valence-corrected chi connectivity index (χ3v) is 7.82. The van der Waals surface area contributed by atoms with Crippen molar-refractivity contribution in [1.82, 2.24) is 9.80 Å². The Kier molecular flexibility index (Phi) is 6.22. The molecule has 3 fully saturated rings. The van der Waals surface area contributed by atoms with Crippen LogP contribution in [0.2, 0.25) is 10.0 Å². The molecule has 0 aromatic heterocycles. The second-order valence-corrected chi connectivity index (χ2v) is 9.67. The fraction of sp³-hybridized carbons (Fsp3) is 0.682. The Balaban J connectivity index is 1.48. The van der Waals surface area contributed by atoms with E-state index in [1.54, 1.807) is 12.1 Å². The minimum absolute atomic E-state index is 0.159. The molecule has 2 saturated heterocycles. The first-order chi connectivity index (χ1) is 13.5. The number of hydrogen-bond donors (Lipinski definition) is 0. The lowest BCUT2D eigenvalue weighted by Gasteiger charge is -2.48. The van der Waals surface area contributed by atoms with Gasteiger partial charge in [0.1, 0.15) is 0 Å². The van der Waals surface area contributed by atoms with Gasteiger partial charge in [-0.05, 0) is 74.7 Å². The van der Waals surface area contributed by atoms with Crippen molar-refractivity contribution < 1.29 is 9.53 Å². The summed E-state index contributed by atoms with van der Waals surface area (Å²) in [6.07, 6.45) is 7.46. The lowest BCUT2D eigenvalue weighted by Crippen LogP contribution is -2.56. The van der Waals surface area contributed by atoms with E-state index in [4.69, 9.17) is 27.9 Å². The molecule has 1 aromatic rings. The van der Waals surface area contributed by atoms with Crippen molar-refractivity contribution in [1.29, 1.82) is 0 Å². The molecule has 0 N–H and O–H groups in total. The molecule has 3 aliphatic rings. The van der Waals surface area contributed by atoms with Crippen molar-refractivity contribution >= 4 is 29.1 Å². The van der Waals surface area contributed by atoms with E-state index in [0.717, 1.165) is 51.1 Å². The molecule has 2 aliphatic heterocycles. The van der Waals surface area contributed by atoms with Crippen molar-refractivity contribution in [3.05, 3.63) is 33.8 Å². The maximum Gasteiger partial charge on any atom is 0.227 e. The Bertz CT molecular complexity index is 714. The quantitative estimate of drug-likeness (QED) is 0.716. The van der Waals surface area contributed by atoms with Crippen molar-refractivity contribution in [3.8, 4) is 0 Å². The molecule has 2 heterocycles. The lowest BCUT2D eigenvalue weighted by molar-refractivity contribution is -0.134. The van der Waals surface area contributed by atoms with Crippen molar-refractivity contribution in [2.45, 2.75) is 57.0 Å². The van der Waals surface area contributed by atoms with Crippen molar-refractivity contribution in [2.24, 2.45) is 5.41 Å². The monoisotopic (exact) mass is 424 g/mol. The molecule has 1 saturated carbocycles. The highest BCUT2D eigenvalue weighted by Crippen LogP contribution is 2.45. The van der Waals surface area contributed by atoms with Crippen LogP contribution in [0.25, 0.3) is 0 Å². The van der Waals surface area contributed by atoms with Gasteiger partial charge in [-0.3, -0.25) is 9.69 Å². The minimum Gasteiger partial charge on any atom is -0.381 e. The number of likely N-dealkylation sites (N-methyl/N-ethyl adjacent to an activating group) is 1. The van der Waals surface area contributed by atoms with E-state index in [9.17, 15) is 4.79 Å². The van der Waals surface area contributed by atoms with Crippen LogP contribution < -0.4 is 0 Å². The molecule has 1 spiro atoms. The summed E-state index contributed by atoms with van der Waals surface area (Å²) in [5.41, 5.74) is 1.25. The molecule has 28 heavy (non-hydrogen) atoms. The van der Waals surface area contributed by atoms with Crippen molar-refractivity contribution in [3.63, 3.8) is 0 Å². The normalized spacial score (nSPS) is 30.8. The minimum atomic E-state index is 0.159. The van der Waals surface area contributed by atoms with Crippen LogP contribution in [0.5, 0.6) is 0 Å². The third kappa shape index (κ3) is 4.21. The van der Waals surface area contributed by atoms with E-state index in [2.05, 4.69) is 4.90 Å². The maximum absolute atomic E-state index is 13.1. The van der Waals surface area contributed by atoms with Gasteiger partial charge in [0.25, 0.3) is 0 Å². The first-order valence-electron chi connectivity index (χ1n) is 10.5. The molecular formula is C22H30Cl2N2O2. The molecule has 4 nitrogen and oxygen atoms in total. The van der Waals surface area contributed by atoms with Crippen LogP contribution in [0, 0.1) is 5.41 Å². The predicted molar refractivity (Wildman–Crippen MR) is 113 cm³/mol. The predicted octanol–water partition coefficient (Wildman–Crippen LogP) is 4.42. The summed E-state index contributed by atoms with van der Waals surface area (Å²) in [6.45, 7) is 4.11. The molecule has 0 bridgehead atoms. The number of amides is 1. The van der Waals surface area contributed by atoms with Gasteiger partial charge < -0.3 is 9.64 Å². The van der Waals surface area contributed by atoms with Crippen LogP contribution in [0.3, 0.4) is 0 Å². The topological polar surface area (TPSA) is 32.8 Å². The highest BCUT2D eigenvalue weighted by Gasteiger charge is 2.47. The number of carbonyl (C=O) groups excluding carboxylic acids is 1. The first-order valence-corrected chi connectivity index (χ1v) is 11.2. The zero-order chi connectivity index (χ0) is 19.7. The first kappa shape index (κ1) is 20.5. The Labute approximate surface area is 178 Å².